The third kappa shape index (κ3) is 2.98. The Labute approximate surface area is 92.3 Å². The Balaban J connectivity index is 2.96. The molecule has 0 saturated carbocycles. The molecule has 0 spiro atoms. The lowest BCUT2D eigenvalue weighted by Gasteiger charge is -2.01. The lowest BCUT2D eigenvalue weighted by atomic mass is 10.2. The maximum absolute atomic E-state index is 12.8. The highest BCUT2D eigenvalue weighted by molar-refractivity contribution is 6.37. The molecule has 2 N–H and O–H groups in total. The van der Waals surface area contributed by atoms with E-state index >= 15 is 0 Å². The van der Waals surface area contributed by atoms with E-state index < -0.39 is 5.82 Å². The number of hydrogen-bond donors (Lipinski definition) is 1. The Bertz CT molecular complexity index is 327. The monoisotopic (exact) mass is 233 g/mol. The summed E-state index contributed by atoms with van der Waals surface area (Å²) in [5, 5.41) is 0.617. The minimum atomic E-state index is -0.434. The molecule has 4 heteroatoms. The van der Waals surface area contributed by atoms with Gasteiger partial charge in [0.1, 0.15) is 5.82 Å². The van der Waals surface area contributed by atoms with Crippen LogP contribution in [-0.4, -0.2) is 6.54 Å². The van der Waals surface area contributed by atoms with Gasteiger partial charge in [0.05, 0.1) is 10.0 Å². The SMILES string of the molecule is NCCC=Cc1c(Cl)cc(F)cc1Cl. The highest BCUT2D eigenvalue weighted by atomic mass is 35.5. The molecule has 0 aliphatic carbocycles. The summed E-state index contributed by atoms with van der Waals surface area (Å²) in [6, 6.07) is 2.46. The molecule has 0 fully saturated rings. The number of nitrogens with two attached hydrogens (primary N) is 1. The van der Waals surface area contributed by atoms with E-state index in [2.05, 4.69) is 0 Å². The molecule has 1 aromatic carbocycles. The number of halogens is 3. The zero-order chi connectivity index (χ0) is 10.6. The van der Waals surface area contributed by atoms with Crippen LogP contribution in [0.3, 0.4) is 0 Å². The highest BCUT2D eigenvalue weighted by Crippen LogP contribution is 2.27. The van der Waals surface area contributed by atoms with Gasteiger partial charge in [-0.25, -0.2) is 4.39 Å². The van der Waals surface area contributed by atoms with E-state index in [1.54, 1.807) is 6.08 Å². The van der Waals surface area contributed by atoms with E-state index in [1.165, 1.54) is 12.1 Å². The predicted molar refractivity (Wildman–Crippen MR) is 59.1 cm³/mol. The summed E-state index contributed by atoms with van der Waals surface area (Å²) in [4.78, 5) is 0. The van der Waals surface area contributed by atoms with Crippen molar-refractivity contribution in [2.24, 2.45) is 5.73 Å². The molecule has 76 valence electrons. The van der Waals surface area contributed by atoms with Gasteiger partial charge in [0.25, 0.3) is 0 Å². The van der Waals surface area contributed by atoms with Crippen LogP contribution in [0.15, 0.2) is 18.2 Å². The van der Waals surface area contributed by atoms with Crippen molar-refractivity contribution in [3.8, 4) is 0 Å². The molecule has 1 aromatic rings. The standard InChI is InChI=1S/C10H10Cl2FN/c11-9-5-7(13)6-10(12)8(9)3-1-2-4-14/h1,3,5-6H,2,4,14H2. The first-order chi connectivity index (χ1) is 6.65. The first-order valence-electron chi connectivity index (χ1n) is 4.16. The first-order valence-corrected chi connectivity index (χ1v) is 4.92. The molecule has 0 amide bonds. The second-order valence-corrected chi connectivity index (χ2v) is 3.58. The molecule has 1 rings (SSSR count). The topological polar surface area (TPSA) is 26.0 Å². The summed E-state index contributed by atoms with van der Waals surface area (Å²) in [5.41, 5.74) is 5.94. The second-order valence-electron chi connectivity index (χ2n) is 2.76. The molecular formula is C10H10Cl2FN. The van der Waals surface area contributed by atoms with Gasteiger partial charge in [-0.3, -0.25) is 0 Å². The molecule has 0 unspecified atom stereocenters. The van der Waals surface area contributed by atoms with Gasteiger partial charge in [0.15, 0.2) is 0 Å². The van der Waals surface area contributed by atoms with Crippen molar-refractivity contribution in [2.75, 3.05) is 6.54 Å². The lowest BCUT2D eigenvalue weighted by molar-refractivity contribution is 0.628. The minimum Gasteiger partial charge on any atom is -0.330 e. The lowest BCUT2D eigenvalue weighted by Crippen LogP contribution is -1.95. The minimum absolute atomic E-state index is 0.309. The van der Waals surface area contributed by atoms with Gasteiger partial charge in [-0.05, 0) is 25.1 Å². The van der Waals surface area contributed by atoms with Gasteiger partial charge in [0, 0.05) is 5.56 Å². The maximum Gasteiger partial charge on any atom is 0.126 e. The van der Waals surface area contributed by atoms with E-state index in [-0.39, 0.29) is 0 Å². The van der Waals surface area contributed by atoms with E-state index in [9.17, 15) is 4.39 Å². The molecule has 0 radical (unpaired) electrons. The van der Waals surface area contributed by atoms with Crippen LogP contribution in [0, 0.1) is 5.82 Å². The Hall–Kier alpha value is -0.570. The van der Waals surface area contributed by atoms with Crippen LogP contribution in [0.25, 0.3) is 6.08 Å². The molecule has 0 aliphatic rings. The summed E-state index contributed by atoms with van der Waals surface area (Å²) in [5.74, 6) is -0.434. The van der Waals surface area contributed by atoms with E-state index in [0.29, 0.717) is 22.2 Å². The van der Waals surface area contributed by atoms with Gasteiger partial charge in [0.2, 0.25) is 0 Å². The van der Waals surface area contributed by atoms with Crippen LogP contribution in [0.1, 0.15) is 12.0 Å². The van der Waals surface area contributed by atoms with Crippen LogP contribution in [0.4, 0.5) is 4.39 Å². The van der Waals surface area contributed by atoms with Crippen molar-refractivity contribution in [3.05, 3.63) is 39.6 Å². The largest absolute Gasteiger partial charge is 0.330 e. The average molecular weight is 234 g/mol. The Morgan fingerprint density at radius 2 is 1.86 bits per heavy atom. The molecule has 0 atom stereocenters. The maximum atomic E-state index is 12.8. The molecule has 14 heavy (non-hydrogen) atoms. The zero-order valence-electron chi connectivity index (χ0n) is 7.43. The molecule has 0 heterocycles. The van der Waals surface area contributed by atoms with E-state index in [1.807, 2.05) is 6.08 Å². The Morgan fingerprint density at radius 3 is 2.36 bits per heavy atom. The molecule has 0 bridgehead atoms. The van der Waals surface area contributed by atoms with Crippen molar-refractivity contribution in [1.82, 2.24) is 0 Å². The van der Waals surface area contributed by atoms with Crippen LogP contribution < -0.4 is 5.73 Å². The quantitative estimate of drug-likeness (QED) is 0.850. The van der Waals surface area contributed by atoms with Gasteiger partial charge >= 0.3 is 0 Å². The first kappa shape index (κ1) is 11.5. The molecule has 0 aliphatic heterocycles. The predicted octanol–water partition coefficient (Wildman–Crippen LogP) is 3.49. The van der Waals surface area contributed by atoms with Crippen molar-refractivity contribution in [3.63, 3.8) is 0 Å². The average Bonchev–Trinajstić information content (AvgIpc) is 2.09. The summed E-state index contributed by atoms with van der Waals surface area (Å²) < 4.78 is 12.8. The van der Waals surface area contributed by atoms with Gasteiger partial charge in [-0.2, -0.15) is 0 Å². The van der Waals surface area contributed by atoms with Crippen LogP contribution >= 0.6 is 23.2 Å². The number of hydrogen-bond acceptors (Lipinski definition) is 1. The number of rotatable bonds is 3. The Kier molecular flexibility index (Phi) is 4.39. The Morgan fingerprint density at radius 1 is 1.29 bits per heavy atom. The molecule has 1 nitrogen and oxygen atoms in total. The molecule has 0 saturated heterocycles. The number of benzene rings is 1. The second kappa shape index (κ2) is 5.35. The summed E-state index contributed by atoms with van der Waals surface area (Å²) in [6.07, 6.45) is 4.34. The third-order valence-corrected chi connectivity index (χ3v) is 2.29. The third-order valence-electron chi connectivity index (χ3n) is 1.66. The summed E-state index contributed by atoms with van der Waals surface area (Å²) >= 11 is 11.6. The van der Waals surface area contributed by atoms with Gasteiger partial charge in [-0.1, -0.05) is 35.4 Å². The van der Waals surface area contributed by atoms with Crippen LogP contribution in [-0.2, 0) is 0 Å². The molecule has 0 aromatic heterocycles. The van der Waals surface area contributed by atoms with Crippen LogP contribution in [0.5, 0.6) is 0 Å². The van der Waals surface area contributed by atoms with Gasteiger partial charge < -0.3 is 5.73 Å². The fourth-order valence-electron chi connectivity index (χ4n) is 1.01. The normalized spacial score (nSPS) is 11.1. The van der Waals surface area contributed by atoms with Crippen molar-refractivity contribution >= 4 is 29.3 Å². The van der Waals surface area contributed by atoms with Crippen molar-refractivity contribution in [2.45, 2.75) is 6.42 Å². The fraction of sp³-hybridized carbons (Fsp3) is 0.200. The highest BCUT2D eigenvalue weighted by Gasteiger charge is 2.04. The van der Waals surface area contributed by atoms with Crippen molar-refractivity contribution < 1.29 is 4.39 Å². The summed E-state index contributed by atoms with van der Waals surface area (Å²) in [7, 11) is 0. The van der Waals surface area contributed by atoms with Crippen LogP contribution in [0.2, 0.25) is 10.0 Å². The van der Waals surface area contributed by atoms with E-state index in [0.717, 1.165) is 6.42 Å². The van der Waals surface area contributed by atoms with Gasteiger partial charge in [-0.15, -0.1) is 0 Å². The zero-order valence-corrected chi connectivity index (χ0v) is 8.95. The van der Waals surface area contributed by atoms with Crippen molar-refractivity contribution in [1.29, 1.82) is 0 Å². The fourth-order valence-corrected chi connectivity index (χ4v) is 1.60. The van der Waals surface area contributed by atoms with E-state index in [4.69, 9.17) is 28.9 Å². The smallest absolute Gasteiger partial charge is 0.126 e. The molecular weight excluding hydrogens is 224 g/mol. The summed E-state index contributed by atoms with van der Waals surface area (Å²) in [6.45, 7) is 0.562.